The van der Waals surface area contributed by atoms with Gasteiger partial charge in [0.2, 0.25) is 0 Å². The van der Waals surface area contributed by atoms with Crippen LogP contribution in [0.4, 0.5) is 20.3 Å². The number of anilines is 2. The molecule has 0 saturated carbocycles. The number of methoxy groups -OCH3 is 1. The minimum atomic E-state index is -1.15. The fourth-order valence-corrected chi connectivity index (χ4v) is 4.27. The first kappa shape index (κ1) is 20.3. The molecule has 0 amide bonds. The number of hydrogen-bond donors (Lipinski definition) is 1. The molecule has 4 atom stereocenters. The molecular formula is C21H18BrF2N3O4. The number of aromatic nitrogens is 2. The van der Waals surface area contributed by atoms with E-state index < -0.39 is 24.5 Å². The van der Waals surface area contributed by atoms with Crippen LogP contribution in [0.15, 0.2) is 41.1 Å². The standard InChI is InChI=1S/C21H18BrF2N3O4/c1-28-16-5-11-15(6-17(16)31-18-8-30-19-13(24)7-29-20(18)19)25-9-26-21(11)27-14-3-2-10(23)4-12(14)22/h2-6,9,13,18-20H,7-8H2,1H3,(H,25,26,27)/t13-,18?,19+,20+/m1/s1. The fraction of sp³-hybridized carbons (Fsp3) is 0.333. The van der Waals surface area contributed by atoms with Gasteiger partial charge in [-0.3, -0.25) is 0 Å². The summed E-state index contributed by atoms with van der Waals surface area (Å²) in [5.74, 6) is 1.08. The SMILES string of the molecule is COc1cc2c(Nc3ccc(F)cc3Br)ncnc2cc1OC1CO[C@H]2[C@H](F)CO[C@@H]12. The summed E-state index contributed by atoms with van der Waals surface area (Å²) in [6.07, 6.45) is -1.26. The van der Waals surface area contributed by atoms with E-state index in [0.29, 0.717) is 38.4 Å². The Kier molecular flexibility index (Phi) is 5.37. The average Bonchev–Trinajstić information content (AvgIpc) is 3.33. The number of fused-ring (bicyclic) bond motifs is 2. The van der Waals surface area contributed by atoms with E-state index >= 15 is 0 Å². The van der Waals surface area contributed by atoms with E-state index in [0.717, 1.165) is 0 Å². The third-order valence-electron chi connectivity index (χ3n) is 5.33. The maximum atomic E-state index is 13.8. The van der Waals surface area contributed by atoms with Crippen LogP contribution in [0.5, 0.6) is 11.5 Å². The highest BCUT2D eigenvalue weighted by molar-refractivity contribution is 9.10. The van der Waals surface area contributed by atoms with E-state index in [4.69, 9.17) is 18.9 Å². The molecule has 1 aromatic heterocycles. The third kappa shape index (κ3) is 3.79. The normalized spacial score (nSPS) is 24.9. The topological polar surface area (TPSA) is 74.7 Å². The van der Waals surface area contributed by atoms with Gasteiger partial charge < -0.3 is 24.3 Å². The van der Waals surface area contributed by atoms with Crippen LogP contribution in [0.2, 0.25) is 0 Å². The Labute approximate surface area is 184 Å². The van der Waals surface area contributed by atoms with Gasteiger partial charge in [-0.05, 0) is 40.2 Å². The predicted octanol–water partition coefficient (Wildman–Crippen LogP) is 4.17. The minimum Gasteiger partial charge on any atom is -0.493 e. The summed E-state index contributed by atoms with van der Waals surface area (Å²) < 4.78 is 50.4. The number of ether oxygens (including phenoxy) is 4. The lowest BCUT2D eigenvalue weighted by molar-refractivity contribution is 0.0271. The van der Waals surface area contributed by atoms with Crippen LogP contribution in [0, 0.1) is 5.82 Å². The maximum Gasteiger partial charge on any atom is 0.164 e. The Morgan fingerprint density at radius 1 is 1.10 bits per heavy atom. The summed E-state index contributed by atoms with van der Waals surface area (Å²) in [6, 6.07) is 7.81. The van der Waals surface area contributed by atoms with Crippen LogP contribution in [0.25, 0.3) is 10.9 Å². The van der Waals surface area contributed by atoms with Gasteiger partial charge in [0, 0.05) is 15.9 Å². The second-order valence-corrected chi connectivity index (χ2v) is 8.11. The highest BCUT2D eigenvalue weighted by Crippen LogP contribution is 2.38. The quantitative estimate of drug-likeness (QED) is 0.571. The zero-order valence-corrected chi connectivity index (χ0v) is 17.9. The van der Waals surface area contributed by atoms with Crippen molar-refractivity contribution >= 4 is 38.3 Å². The van der Waals surface area contributed by atoms with E-state index in [2.05, 4.69) is 31.2 Å². The number of halogens is 3. The number of alkyl halides is 1. The van der Waals surface area contributed by atoms with Crippen LogP contribution in [-0.2, 0) is 9.47 Å². The number of hydrogen-bond acceptors (Lipinski definition) is 7. The van der Waals surface area contributed by atoms with Gasteiger partial charge in [0.05, 0.1) is 31.5 Å². The molecule has 10 heteroatoms. The summed E-state index contributed by atoms with van der Waals surface area (Å²) in [5, 5.41) is 3.86. The Morgan fingerprint density at radius 2 is 1.94 bits per heavy atom. The van der Waals surface area contributed by atoms with Crippen molar-refractivity contribution in [1.82, 2.24) is 9.97 Å². The Hall–Kier alpha value is -2.56. The van der Waals surface area contributed by atoms with E-state index in [1.807, 2.05) is 0 Å². The Balaban J connectivity index is 1.46. The summed E-state index contributed by atoms with van der Waals surface area (Å²) in [5.41, 5.74) is 1.26. The zero-order valence-electron chi connectivity index (χ0n) is 16.3. The van der Waals surface area contributed by atoms with Crippen molar-refractivity contribution in [3.05, 3.63) is 46.9 Å². The Morgan fingerprint density at radius 3 is 2.74 bits per heavy atom. The van der Waals surface area contributed by atoms with Crippen LogP contribution < -0.4 is 14.8 Å². The third-order valence-corrected chi connectivity index (χ3v) is 5.99. The smallest absolute Gasteiger partial charge is 0.164 e. The summed E-state index contributed by atoms with van der Waals surface area (Å²) in [6.45, 7) is 0.233. The van der Waals surface area contributed by atoms with Crippen molar-refractivity contribution in [3.63, 3.8) is 0 Å². The number of nitrogens with one attached hydrogen (secondary N) is 1. The lowest BCUT2D eigenvalue weighted by Gasteiger charge is -2.20. The molecule has 2 saturated heterocycles. The van der Waals surface area contributed by atoms with Gasteiger partial charge in [-0.2, -0.15) is 0 Å². The molecule has 2 aromatic carbocycles. The van der Waals surface area contributed by atoms with Gasteiger partial charge in [0.25, 0.3) is 0 Å². The molecule has 2 fully saturated rings. The van der Waals surface area contributed by atoms with Crippen molar-refractivity contribution in [2.45, 2.75) is 24.5 Å². The molecule has 0 bridgehead atoms. The van der Waals surface area contributed by atoms with E-state index in [1.54, 1.807) is 18.2 Å². The van der Waals surface area contributed by atoms with Gasteiger partial charge in [0.1, 0.15) is 30.2 Å². The highest BCUT2D eigenvalue weighted by atomic mass is 79.9. The maximum absolute atomic E-state index is 13.8. The molecule has 5 rings (SSSR count). The predicted molar refractivity (Wildman–Crippen MR) is 112 cm³/mol. The van der Waals surface area contributed by atoms with Gasteiger partial charge in [-0.15, -0.1) is 0 Å². The highest BCUT2D eigenvalue weighted by Gasteiger charge is 2.49. The first-order valence-electron chi connectivity index (χ1n) is 9.62. The van der Waals surface area contributed by atoms with Crippen LogP contribution >= 0.6 is 15.9 Å². The first-order chi connectivity index (χ1) is 15.0. The summed E-state index contributed by atoms with van der Waals surface area (Å²) in [7, 11) is 1.53. The molecule has 162 valence electrons. The largest absolute Gasteiger partial charge is 0.493 e. The molecule has 31 heavy (non-hydrogen) atoms. The van der Waals surface area contributed by atoms with Crippen molar-refractivity contribution in [2.75, 3.05) is 25.6 Å². The second-order valence-electron chi connectivity index (χ2n) is 7.26. The molecular weight excluding hydrogens is 476 g/mol. The average molecular weight is 494 g/mol. The van der Waals surface area contributed by atoms with Crippen molar-refractivity contribution in [3.8, 4) is 11.5 Å². The molecule has 2 aliphatic rings. The van der Waals surface area contributed by atoms with Crippen LogP contribution in [0.3, 0.4) is 0 Å². The monoisotopic (exact) mass is 493 g/mol. The molecule has 2 aliphatic heterocycles. The second kappa shape index (κ2) is 8.18. The molecule has 0 aliphatic carbocycles. The zero-order chi connectivity index (χ0) is 21.5. The molecule has 0 radical (unpaired) electrons. The van der Waals surface area contributed by atoms with Gasteiger partial charge in [-0.1, -0.05) is 0 Å². The van der Waals surface area contributed by atoms with Crippen molar-refractivity contribution in [1.29, 1.82) is 0 Å². The van der Waals surface area contributed by atoms with Gasteiger partial charge in [-0.25, -0.2) is 18.7 Å². The minimum absolute atomic E-state index is 0.00521. The summed E-state index contributed by atoms with van der Waals surface area (Å²) >= 11 is 3.34. The fourth-order valence-electron chi connectivity index (χ4n) is 3.82. The van der Waals surface area contributed by atoms with Crippen molar-refractivity contribution in [2.24, 2.45) is 0 Å². The van der Waals surface area contributed by atoms with Gasteiger partial charge in [0.15, 0.2) is 23.8 Å². The molecule has 0 spiro atoms. The number of benzene rings is 2. The van der Waals surface area contributed by atoms with Crippen LogP contribution in [-0.4, -0.2) is 54.8 Å². The van der Waals surface area contributed by atoms with Crippen molar-refractivity contribution < 1.29 is 27.7 Å². The first-order valence-corrected chi connectivity index (χ1v) is 10.4. The summed E-state index contributed by atoms with van der Waals surface area (Å²) in [4.78, 5) is 8.64. The number of rotatable bonds is 5. The lowest BCUT2D eigenvalue weighted by atomic mass is 10.1. The molecule has 3 aromatic rings. The molecule has 1 unspecified atom stereocenters. The van der Waals surface area contributed by atoms with E-state index in [9.17, 15) is 8.78 Å². The lowest BCUT2D eigenvalue weighted by Crippen LogP contribution is -2.33. The van der Waals surface area contributed by atoms with Crippen LogP contribution in [0.1, 0.15) is 0 Å². The molecule has 7 nitrogen and oxygen atoms in total. The van der Waals surface area contributed by atoms with E-state index in [1.165, 1.54) is 25.6 Å². The molecule has 3 heterocycles. The Bertz CT molecular complexity index is 1140. The van der Waals surface area contributed by atoms with E-state index in [-0.39, 0.29) is 19.0 Å². The van der Waals surface area contributed by atoms with Gasteiger partial charge >= 0.3 is 0 Å². The molecule has 1 N–H and O–H groups in total. The number of nitrogens with zero attached hydrogens (tertiary/aromatic N) is 2.